The number of hydrogen-bond acceptors (Lipinski definition) is 5. The average Bonchev–Trinajstić information content (AvgIpc) is 2.82. The monoisotopic (exact) mass is 253 g/mol. The summed E-state index contributed by atoms with van der Waals surface area (Å²) >= 11 is 1.20. The number of aliphatic hydroxyl groups is 1. The van der Waals surface area contributed by atoms with Crippen molar-refractivity contribution < 1.29 is 10.0 Å². The Balaban J connectivity index is 2.60. The maximum Gasteiger partial charge on any atom is 0.304 e. The molecule has 6 nitrogen and oxygen atoms in total. The van der Waals surface area contributed by atoms with Crippen molar-refractivity contribution in [2.75, 3.05) is 0 Å². The summed E-state index contributed by atoms with van der Waals surface area (Å²) in [4.78, 5) is 15.1. The van der Waals surface area contributed by atoms with Gasteiger partial charge in [-0.2, -0.15) is 0 Å². The van der Waals surface area contributed by atoms with Gasteiger partial charge in [0, 0.05) is 23.3 Å². The van der Waals surface area contributed by atoms with E-state index in [1.807, 2.05) is 0 Å². The smallest absolute Gasteiger partial charge is 0.304 e. The third-order valence-corrected chi connectivity index (χ3v) is 3.66. The van der Waals surface area contributed by atoms with E-state index in [4.69, 9.17) is 0 Å². The molecule has 0 amide bonds. The van der Waals surface area contributed by atoms with Gasteiger partial charge in [0.25, 0.3) is 0 Å². The van der Waals surface area contributed by atoms with Crippen molar-refractivity contribution in [3.8, 4) is 5.00 Å². The Bertz CT molecular complexity index is 559. The van der Waals surface area contributed by atoms with E-state index < -0.39 is 11.0 Å². The molecule has 0 aliphatic carbocycles. The summed E-state index contributed by atoms with van der Waals surface area (Å²) in [6, 6.07) is 1.41. The molecule has 0 saturated heterocycles. The minimum absolute atomic E-state index is 0.00741. The van der Waals surface area contributed by atoms with Crippen LogP contribution >= 0.6 is 11.3 Å². The van der Waals surface area contributed by atoms with Crippen molar-refractivity contribution >= 4 is 17.0 Å². The molecule has 0 aliphatic rings. The van der Waals surface area contributed by atoms with Gasteiger partial charge in [-0.25, -0.2) is 4.98 Å². The number of aliphatic hydroxyl groups excluding tert-OH is 1. The van der Waals surface area contributed by atoms with Crippen LogP contribution in [0, 0.1) is 17.0 Å². The second-order valence-electron chi connectivity index (χ2n) is 3.62. The van der Waals surface area contributed by atoms with E-state index in [0.29, 0.717) is 15.7 Å². The van der Waals surface area contributed by atoms with Crippen LogP contribution in [0.5, 0.6) is 0 Å². The normalized spacial score (nSPS) is 12.6. The molecule has 90 valence electrons. The lowest BCUT2D eigenvalue weighted by Crippen LogP contribution is -1.96. The maximum absolute atomic E-state index is 11.0. The minimum Gasteiger partial charge on any atom is -0.388 e. The Morgan fingerprint density at radius 2 is 2.35 bits per heavy atom. The largest absolute Gasteiger partial charge is 0.388 e. The lowest BCUT2D eigenvalue weighted by Gasteiger charge is -2.00. The van der Waals surface area contributed by atoms with Crippen molar-refractivity contribution in [1.82, 2.24) is 9.55 Å². The molecule has 0 radical (unpaired) electrons. The summed E-state index contributed by atoms with van der Waals surface area (Å²) in [7, 11) is 0. The molecule has 1 unspecified atom stereocenters. The van der Waals surface area contributed by atoms with Gasteiger partial charge < -0.3 is 5.11 Å². The molecule has 1 atom stereocenters. The van der Waals surface area contributed by atoms with E-state index in [1.165, 1.54) is 17.4 Å². The topological polar surface area (TPSA) is 81.2 Å². The van der Waals surface area contributed by atoms with Crippen LogP contribution in [-0.4, -0.2) is 19.6 Å². The van der Waals surface area contributed by atoms with Crippen molar-refractivity contribution in [3.63, 3.8) is 0 Å². The number of aromatic nitrogens is 2. The average molecular weight is 253 g/mol. The predicted octanol–water partition coefficient (Wildman–Crippen LogP) is 2.20. The van der Waals surface area contributed by atoms with Crippen LogP contribution in [0.1, 0.15) is 23.7 Å². The molecule has 7 heteroatoms. The highest BCUT2D eigenvalue weighted by Gasteiger charge is 2.22. The molecular formula is C10H11N3O3S. The SMILES string of the molecule is Cc1nccn1-c1sc(C(C)O)cc1[N+](=O)[O-]. The van der Waals surface area contributed by atoms with E-state index in [-0.39, 0.29) is 5.69 Å². The van der Waals surface area contributed by atoms with Gasteiger partial charge >= 0.3 is 5.69 Å². The second-order valence-corrected chi connectivity index (χ2v) is 4.68. The lowest BCUT2D eigenvalue weighted by atomic mass is 10.3. The molecule has 17 heavy (non-hydrogen) atoms. The fourth-order valence-electron chi connectivity index (χ4n) is 1.49. The molecule has 2 rings (SSSR count). The number of imidazole rings is 1. The van der Waals surface area contributed by atoms with E-state index in [1.54, 1.807) is 30.8 Å². The third-order valence-electron chi connectivity index (χ3n) is 2.37. The van der Waals surface area contributed by atoms with Crippen LogP contribution in [0.2, 0.25) is 0 Å². The first kappa shape index (κ1) is 11.7. The zero-order valence-electron chi connectivity index (χ0n) is 9.32. The van der Waals surface area contributed by atoms with Crippen LogP contribution in [0.3, 0.4) is 0 Å². The van der Waals surface area contributed by atoms with Crippen molar-refractivity contribution in [3.05, 3.63) is 39.3 Å². The molecule has 2 heterocycles. The summed E-state index contributed by atoms with van der Waals surface area (Å²) in [5.74, 6) is 0.673. The number of rotatable bonds is 3. The first-order valence-corrected chi connectivity index (χ1v) is 5.79. The van der Waals surface area contributed by atoms with Crippen LogP contribution in [0.15, 0.2) is 18.5 Å². The predicted molar refractivity (Wildman–Crippen MR) is 63.5 cm³/mol. The molecule has 2 aromatic heterocycles. The number of thiophene rings is 1. The zero-order chi connectivity index (χ0) is 12.6. The molecule has 1 N–H and O–H groups in total. The Morgan fingerprint density at radius 3 is 2.82 bits per heavy atom. The van der Waals surface area contributed by atoms with Gasteiger partial charge in [-0.15, -0.1) is 11.3 Å². The van der Waals surface area contributed by atoms with E-state index in [9.17, 15) is 15.2 Å². The maximum atomic E-state index is 11.0. The summed E-state index contributed by atoms with van der Waals surface area (Å²) < 4.78 is 1.65. The molecule has 0 bridgehead atoms. The molecule has 0 saturated carbocycles. The Hall–Kier alpha value is -1.73. The first-order chi connectivity index (χ1) is 8.00. The van der Waals surface area contributed by atoms with Gasteiger partial charge in [0.05, 0.1) is 11.0 Å². The Kier molecular flexibility index (Phi) is 2.95. The highest BCUT2D eigenvalue weighted by molar-refractivity contribution is 7.15. The van der Waals surface area contributed by atoms with Gasteiger partial charge in [0.2, 0.25) is 0 Å². The number of hydrogen-bond donors (Lipinski definition) is 1. The highest BCUT2D eigenvalue weighted by atomic mass is 32.1. The third kappa shape index (κ3) is 2.06. The van der Waals surface area contributed by atoms with E-state index >= 15 is 0 Å². The Labute approximate surface area is 101 Å². The van der Waals surface area contributed by atoms with E-state index in [2.05, 4.69) is 4.98 Å². The molecule has 0 aliphatic heterocycles. The van der Waals surface area contributed by atoms with Crippen molar-refractivity contribution in [2.24, 2.45) is 0 Å². The fraction of sp³-hybridized carbons (Fsp3) is 0.300. The molecule has 0 spiro atoms. The minimum atomic E-state index is -0.712. The van der Waals surface area contributed by atoms with Crippen molar-refractivity contribution in [1.29, 1.82) is 0 Å². The van der Waals surface area contributed by atoms with Crippen LogP contribution in [0.4, 0.5) is 5.69 Å². The number of nitrogens with zero attached hydrogens (tertiary/aromatic N) is 3. The van der Waals surface area contributed by atoms with Crippen molar-refractivity contribution in [2.45, 2.75) is 20.0 Å². The summed E-state index contributed by atoms with van der Waals surface area (Å²) in [6.45, 7) is 3.35. The fourth-order valence-corrected chi connectivity index (χ4v) is 2.59. The van der Waals surface area contributed by atoms with Gasteiger partial charge in [-0.1, -0.05) is 0 Å². The summed E-state index contributed by atoms with van der Waals surface area (Å²) in [6.07, 6.45) is 2.54. The lowest BCUT2D eigenvalue weighted by molar-refractivity contribution is -0.384. The first-order valence-electron chi connectivity index (χ1n) is 4.97. The van der Waals surface area contributed by atoms with Crippen LogP contribution < -0.4 is 0 Å². The van der Waals surface area contributed by atoms with Gasteiger partial charge in [-0.3, -0.25) is 14.7 Å². The molecular weight excluding hydrogens is 242 g/mol. The van der Waals surface area contributed by atoms with E-state index in [0.717, 1.165) is 0 Å². The van der Waals surface area contributed by atoms with Gasteiger partial charge in [0.15, 0.2) is 5.00 Å². The standard InChI is InChI=1S/C10H11N3O3S/c1-6(14)9-5-8(13(15)16)10(17-9)12-4-3-11-7(12)2/h3-6,14H,1-2H3. The number of aryl methyl sites for hydroxylation is 1. The van der Waals surface area contributed by atoms with Crippen LogP contribution in [0.25, 0.3) is 5.00 Å². The zero-order valence-corrected chi connectivity index (χ0v) is 10.1. The quantitative estimate of drug-likeness (QED) is 0.671. The van der Waals surface area contributed by atoms with Crippen LogP contribution in [-0.2, 0) is 0 Å². The van der Waals surface area contributed by atoms with Gasteiger partial charge in [0.1, 0.15) is 5.82 Å². The summed E-state index contributed by atoms with van der Waals surface area (Å²) in [5, 5.41) is 20.9. The van der Waals surface area contributed by atoms with Gasteiger partial charge in [-0.05, 0) is 13.8 Å². The molecule has 0 aromatic carbocycles. The Morgan fingerprint density at radius 1 is 1.65 bits per heavy atom. The second kappa shape index (κ2) is 4.27. The molecule has 2 aromatic rings. The number of nitro groups is 1. The summed E-state index contributed by atoms with van der Waals surface area (Å²) in [5.41, 5.74) is -0.00741. The molecule has 0 fully saturated rings. The highest BCUT2D eigenvalue weighted by Crippen LogP contribution is 2.36.